The molecule has 3 N–H and O–H groups in total. The van der Waals surface area contributed by atoms with E-state index in [-0.39, 0.29) is 17.6 Å². The lowest BCUT2D eigenvalue weighted by atomic mass is 9.83. The highest BCUT2D eigenvalue weighted by Gasteiger charge is 2.40. The molecule has 1 aromatic carbocycles. The minimum atomic E-state index is -0.756. The zero-order valence-electron chi connectivity index (χ0n) is 10.6. The van der Waals surface area contributed by atoms with Gasteiger partial charge in [0.25, 0.3) is 0 Å². The van der Waals surface area contributed by atoms with Crippen molar-refractivity contribution >= 4 is 11.6 Å². The molecule has 1 atom stereocenters. The van der Waals surface area contributed by atoms with Crippen LogP contribution in [0.4, 0.5) is 10.1 Å². The number of primary amides is 1. The Morgan fingerprint density at radius 3 is 2.39 bits per heavy atom. The second-order valence-electron chi connectivity index (χ2n) is 5.18. The lowest BCUT2D eigenvalue weighted by molar-refractivity contribution is -0.123. The first-order valence-electron chi connectivity index (χ1n) is 6.36. The van der Waals surface area contributed by atoms with E-state index >= 15 is 0 Å². The van der Waals surface area contributed by atoms with Gasteiger partial charge in [0.2, 0.25) is 5.91 Å². The lowest BCUT2D eigenvalue weighted by Gasteiger charge is -2.34. The minimum Gasteiger partial charge on any atom is -0.371 e. The summed E-state index contributed by atoms with van der Waals surface area (Å²) in [4.78, 5) is 11.8. The zero-order chi connectivity index (χ0) is 13.2. The van der Waals surface area contributed by atoms with Crippen molar-refractivity contribution in [3.05, 3.63) is 30.1 Å². The Bertz CT molecular complexity index is 426. The first kappa shape index (κ1) is 12.9. The average molecular weight is 250 g/mol. The molecule has 0 aromatic heterocycles. The molecule has 3 nitrogen and oxygen atoms in total. The summed E-state index contributed by atoms with van der Waals surface area (Å²) in [5.41, 5.74) is 5.52. The van der Waals surface area contributed by atoms with Crippen molar-refractivity contribution in [3.8, 4) is 0 Å². The first-order valence-corrected chi connectivity index (χ1v) is 6.36. The second-order valence-corrected chi connectivity index (χ2v) is 5.18. The maximum Gasteiger partial charge on any atom is 0.243 e. The van der Waals surface area contributed by atoms with Gasteiger partial charge in [-0.2, -0.15) is 0 Å². The van der Waals surface area contributed by atoms with Gasteiger partial charge < -0.3 is 11.1 Å². The van der Waals surface area contributed by atoms with Gasteiger partial charge in [-0.15, -0.1) is 0 Å². The van der Waals surface area contributed by atoms with Crippen LogP contribution in [0.3, 0.4) is 0 Å². The van der Waals surface area contributed by atoms with Crippen LogP contribution in [0.15, 0.2) is 24.3 Å². The Labute approximate surface area is 107 Å². The van der Waals surface area contributed by atoms with Crippen molar-refractivity contribution in [1.29, 1.82) is 0 Å². The van der Waals surface area contributed by atoms with Gasteiger partial charge in [-0.25, -0.2) is 4.39 Å². The van der Waals surface area contributed by atoms with Gasteiger partial charge >= 0.3 is 0 Å². The van der Waals surface area contributed by atoms with E-state index in [4.69, 9.17) is 5.73 Å². The molecule has 18 heavy (non-hydrogen) atoms. The largest absolute Gasteiger partial charge is 0.371 e. The van der Waals surface area contributed by atoms with E-state index in [1.807, 2.05) is 6.92 Å². The maximum absolute atomic E-state index is 12.9. The number of hydrogen-bond acceptors (Lipinski definition) is 2. The Kier molecular flexibility index (Phi) is 3.55. The Morgan fingerprint density at radius 2 is 1.89 bits per heavy atom. The Morgan fingerprint density at radius 1 is 1.33 bits per heavy atom. The molecule has 98 valence electrons. The molecule has 1 saturated carbocycles. The Hall–Kier alpha value is -1.58. The van der Waals surface area contributed by atoms with E-state index < -0.39 is 5.54 Å². The van der Waals surface area contributed by atoms with Crippen molar-refractivity contribution in [1.82, 2.24) is 0 Å². The molecule has 0 aliphatic heterocycles. The number of benzene rings is 1. The zero-order valence-corrected chi connectivity index (χ0v) is 10.6. The van der Waals surface area contributed by atoms with E-state index in [0.29, 0.717) is 0 Å². The summed E-state index contributed by atoms with van der Waals surface area (Å²) >= 11 is 0. The van der Waals surface area contributed by atoms with Crippen LogP contribution in [0.1, 0.15) is 32.6 Å². The van der Waals surface area contributed by atoms with Crippen LogP contribution in [0.25, 0.3) is 0 Å². The number of nitrogens with two attached hydrogens (primary N) is 1. The van der Waals surface area contributed by atoms with Gasteiger partial charge in [-0.05, 0) is 49.9 Å². The fraction of sp³-hybridized carbons (Fsp3) is 0.500. The van der Waals surface area contributed by atoms with E-state index in [9.17, 15) is 9.18 Å². The molecule has 0 saturated heterocycles. The standard InChI is InChI=1S/C14H19FN2O/c1-14(13(16)18,10-4-2-3-5-10)17-12-8-6-11(15)7-9-12/h6-10,17H,2-5H2,1H3,(H2,16,18). The molecule has 0 bridgehead atoms. The highest BCUT2D eigenvalue weighted by atomic mass is 19.1. The summed E-state index contributed by atoms with van der Waals surface area (Å²) in [7, 11) is 0. The predicted octanol–water partition coefficient (Wildman–Crippen LogP) is 2.67. The highest BCUT2D eigenvalue weighted by molar-refractivity contribution is 5.88. The predicted molar refractivity (Wildman–Crippen MR) is 69.6 cm³/mol. The van der Waals surface area contributed by atoms with E-state index in [1.54, 1.807) is 12.1 Å². The van der Waals surface area contributed by atoms with Gasteiger partial charge in [0.1, 0.15) is 11.4 Å². The van der Waals surface area contributed by atoms with Gasteiger partial charge in [-0.1, -0.05) is 12.8 Å². The fourth-order valence-corrected chi connectivity index (χ4v) is 2.70. The van der Waals surface area contributed by atoms with Crippen molar-refractivity contribution in [2.75, 3.05) is 5.32 Å². The average Bonchev–Trinajstić information content (AvgIpc) is 2.86. The third-order valence-electron chi connectivity index (χ3n) is 3.93. The molecule has 0 spiro atoms. The molecule has 1 unspecified atom stereocenters. The second kappa shape index (κ2) is 4.96. The molecule has 0 heterocycles. The summed E-state index contributed by atoms with van der Waals surface area (Å²) in [6.45, 7) is 1.84. The number of rotatable bonds is 4. The topological polar surface area (TPSA) is 55.1 Å². The quantitative estimate of drug-likeness (QED) is 0.863. The molecule has 2 rings (SSSR count). The van der Waals surface area contributed by atoms with Gasteiger partial charge in [-0.3, -0.25) is 4.79 Å². The molecule has 1 aliphatic rings. The van der Waals surface area contributed by atoms with Gasteiger partial charge in [0, 0.05) is 5.69 Å². The summed E-state index contributed by atoms with van der Waals surface area (Å²) in [5, 5.41) is 3.18. The monoisotopic (exact) mass is 250 g/mol. The van der Waals surface area contributed by atoms with E-state index in [1.165, 1.54) is 12.1 Å². The third-order valence-corrected chi connectivity index (χ3v) is 3.93. The summed E-state index contributed by atoms with van der Waals surface area (Å²) in [5.74, 6) is -0.388. The molecule has 1 aliphatic carbocycles. The normalized spacial score (nSPS) is 19.4. The van der Waals surface area contributed by atoms with Crippen LogP contribution in [0.5, 0.6) is 0 Å². The molecular weight excluding hydrogens is 231 g/mol. The molecule has 1 aromatic rings. The molecule has 1 fully saturated rings. The Balaban J connectivity index is 2.20. The molecule has 0 radical (unpaired) electrons. The SMILES string of the molecule is CC(Nc1ccc(F)cc1)(C(N)=O)C1CCCC1. The number of halogens is 1. The van der Waals surface area contributed by atoms with Crippen molar-refractivity contribution in [2.45, 2.75) is 38.1 Å². The van der Waals surface area contributed by atoms with Crippen molar-refractivity contribution in [3.63, 3.8) is 0 Å². The van der Waals surface area contributed by atoms with Crippen LogP contribution in [0.2, 0.25) is 0 Å². The van der Waals surface area contributed by atoms with Crippen LogP contribution < -0.4 is 11.1 Å². The number of amides is 1. The number of hydrogen-bond donors (Lipinski definition) is 2. The first-order chi connectivity index (χ1) is 8.52. The number of carbonyl (C=O) groups excluding carboxylic acids is 1. The highest BCUT2D eigenvalue weighted by Crippen LogP contribution is 2.36. The van der Waals surface area contributed by atoms with Gasteiger partial charge in [0.15, 0.2) is 0 Å². The minimum absolute atomic E-state index is 0.250. The van der Waals surface area contributed by atoms with Crippen LogP contribution >= 0.6 is 0 Å². The molecular formula is C14H19FN2O. The molecule has 1 amide bonds. The van der Waals surface area contributed by atoms with Crippen LogP contribution in [-0.2, 0) is 4.79 Å². The van der Waals surface area contributed by atoms with Crippen LogP contribution in [0, 0.1) is 11.7 Å². The number of nitrogens with one attached hydrogen (secondary N) is 1. The van der Waals surface area contributed by atoms with E-state index in [0.717, 1.165) is 31.4 Å². The third kappa shape index (κ3) is 2.47. The maximum atomic E-state index is 12.9. The fourth-order valence-electron chi connectivity index (χ4n) is 2.70. The van der Waals surface area contributed by atoms with E-state index in [2.05, 4.69) is 5.32 Å². The molecule has 4 heteroatoms. The lowest BCUT2D eigenvalue weighted by Crippen LogP contribution is -2.52. The van der Waals surface area contributed by atoms with Crippen molar-refractivity contribution < 1.29 is 9.18 Å². The summed E-state index contributed by atoms with van der Waals surface area (Å²) in [6.07, 6.45) is 4.29. The summed E-state index contributed by atoms with van der Waals surface area (Å²) < 4.78 is 12.9. The number of anilines is 1. The smallest absolute Gasteiger partial charge is 0.243 e. The van der Waals surface area contributed by atoms with Crippen LogP contribution in [-0.4, -0.2) is 11.4 Å². The van der Waals surface area contributed by atoms with Gasteiger partial charge in [0.05, 0.1) is 0 Å². The number of carbonyl (C=O) groups is 1. The summed E-state index contributed by atoms with van der Waals surface area (Å²) in [6, 6.07) is 6.01. The van der Waals surface area contributed by atoms with Crippen molar-refractivity contribution in [2.24, 2.45) is 11.7 Å².